The summed E-state index contributed by atoms with van der Waals surface area (Å²) in [6, 6.07) is 7.57. The van der Waals surface area contributed by atoms with E-state index in [1.807, 2.05) is 114 Å². The summed E-state index contributed by atoms with van der Waals surface area (Å²) in [5.41, 5.74) is 3.12. The number of carboxylic acids is 2. The molecule has 0 amide bonds. The maximum Gasteiger partial charge on any atom is 0.315 e. The maximum absolute atomic E-state index is 12.9. The zero-order chi connectivity index (χ0) is 33.5. The van der Waals surface area contributed by atoms with Gasteiger partial charge in [-0.2, -0.15) is 0 Å². The molecule has 0 saturated heterocycles. The number of benzene rings is 2. The van der Waals surface area contributed by atoms with Crippen molar-refractivity contribution < 1.29 is 30.0 Å². The fourth-order valence-corrected chi connectivity index (χ4v) is 8.48. The standard InChI is InChI=1S/C36H56O6S/c1-14-43(27(31(39)40)19-21-15-23(33(2,3)4)29(37)24(16-21)34(5,6)7)28(32(41)42)20-22-17-25(35(8,9)10)30(38)26(18-22)36(11,12)13/h15-18,27-28,37-38,43H,14,19-20H2,1-13H3,(H,39,40)(H,41,42). The summed E-state index contributed by atoms with van der Waals surface area (Å²) in [7, 11) is -1.50. The van der Waals surface area contributed by atoms with Crippen LogP contribution >= 0.6 is 10.9 Å². The number of phenols is 2. The lowest BCUT2D eigenvalue weighted by atomic mass is 9.78. The van der Waals surface area contributed by atoms with Crippen molar-refractivity contribution in [2.45, 2.75) is 135 Å². The van der Waals surface area contributed by atoms with E-state index in [-0.39, 0.29) is 46.0 Å². The first kappa shape index (κ1) is 36.5. The van der Waals surface area contributed by atoms with Gasteiger partial charge >= 0.3 is 11.9 Å². The maximum atomic E-state index is 12.9. The van der Waals surface area contributed by atoms with Gasteiger partial charge in [0.15, 0.2) is 0 Å². The van der Waals surface area contributed by atoms with Crippen LogP contribution in [0.3, 0.4) is 0 Å². The molecule has 2 atom stereocenters. The fourth-order valence-electron chi connectivity index (χ4n) is 5.71. The monoisotopic (exact) mass is 616 g/mol. The Labute approximate surface area is 262 Å². The van der Waals surface area contributed by atoms with Crippen LogP contribution in [0.25, 0.3) is 0 Å². The first-order valence-corrected chi connectivity index (χ1v) is 16.9. The molecular weight excluding hydrogens is 560 g/mol. The minimum atomic E-state index is -1.50. The fraction of sp³-hybridized carbons (Fsp3) is 0.611. The van der Waals surface area contributed by atoms with Gasteiger partial charge in [-0.05, 0) is 73.6 Å². The highest BCUT2D eigenvalue weighted by molar-refractivity contribution is 8.19. The molecule has 0 heterocycles. The summed E-state index contributed by atoms with van der Waals surface area (Å²) in [5.74, 6) is -1.10. The zero-order valence-corrected chi connectivity index (χ0v) is 29.5. The van der Waals surface area contributed by atoms with E-state index >= 15 is 0 Å². The topological polar surface area (TPSA) is 115 Å². The van der Waals surface area contributed by atoms with Crippen molar-refractivity contribution in [1.29, 1.82) is 0 Å². The van der Waals surface area contributed by atoms with Crippen molar-refractivity contribution in [3.8, 4) is 11.5 Å². The molecule has 0 spiro atoms. The molecule has 2 rings (SSSR count). The second kappa shape index (κ2) is 12.7. The average molecular weight is 617 g/mol. The Morgan fingerprint density at radius 2 is 0.814 bits per heavy atom. The first-order valence-electron chi connectivity index (χ1n) is 15.3. The number of hydrogen-bond donors (Lipinski definition) is 5. The highest BCUT2D eigenvalue weighted by Crippen LogP contribution is 2.45. The molecule has 6 nitrogen and oxygen atoms in total. The van der Waals surface area contributed by atoms with Gasteiger partial charge < -0.3 is 20.4 Å². The van der Waals surface area contributed by atoms with E-state index in [4.69, 9.17) is 0 Å². The zero-order valence-electron chi connectivity index (χ0n) is 28.6. The van der Waals surface area contributed by atoms with Crippen LogP contribution in [0.2, 0.25) is 0 Å². The van der Waals surface area contributed by atoms with Crippen molar-refractivity contribution in [3.05, 3.63) is 57.6 Å². The van der Waals surface area contributed by atoms with Gasteiger partial charge in [-0.25, -0.2) is 10.9 Å². The summed E-state index contributed by atoms with van der Waals surface area (Å²) >= 11 is 0. The lowest BCUT2D eigenvalue weighted by Crippen LogP contribution is -2.35. The van der Waals surface area contributed by atoms with Crippen LogP contribution in [0.4, 0.5) is 0 Å². The van der Waals surface area contributed by atoms with Crippen LogP contribution in [0.1, 0.15) is 123 Å². The SMILES string of the molecule is CC[SH](C(Cc1cc(C(C)(C)C)c(O)c(C(C)(C)C)c1)C(=O)O)C(Cc1cc(C(C)(C)C)c(O)c(C(C)(C)C)c1)C(=O)O. The van der Waals surface area contributed by atoms with E-state index < -0.39 is 33.3 Å². The predicted octanol–water partition coefficient (Wildman–Crippen LogP) is 8.00. The molecule has 0 aliphatic heterocycles. The Morgan fingerprint density at radius 3 is 0.977 bits per heavy atom. The molecule has 4 N–H and O–H groups in total. The Hall–Kier alpha value is -2.67. The highest BCUT2D eigenvalue weighted by Gasteiger charge is 2.36. The van der Waals surface area contributed by atoms with Gasteiger partial charge in [-0.15, -0.1) is 0 Å². The number of rotatable bonds is 9. The predicted molar refractivity (Wildman–Crippen MR) is 181 cm³/mol. The van der Waals surface area contributed by atoms with Gasteiger partial charge in [-0.3, -0.25) is 9.59 Å². The van der Waals surface area contributed by atoms with Crippen molar-refractivity contribution in [1.82, 2.24) is 0 Å². The molecule has 2 aromatic carbocycles. The molecule has 7 heteroatoms. The molecule has 0 aliphatic carbocycles. The first-order chi connectivity index (χ1) is 19.3. The van der Waals surface area contributed by atoms with E-state index in [0.29, 0.717) is 5.75 Å². The number of hydrogen-bond acceptors (Lipinski definition) is 4. The molecule has 2 unspecified atom stereocenters. The third-order valence-corrected chi connectivity index (χ3v) is 11.3. The van der Waals surface area contributed by atoms with E-state index in [1.165, 1.54) is 0 Å². The van der Waals surface area contributed by atoms with Crippen molar-refractivity contribution in [2.75, 3.05) is 5.75 Å². The Morgan fingerprint density at radius 1 is 0.581 bits per heavy atom. The van der Waals surface area contributed by atoms with Crippen LogP contribution in [-0.2, 0) is 44.1 Å². The molecule has 242 valence electrons. The minimum Gasteiger partial charge on any atom is -0.507 e. The number of phenolic OH excluding ortho intramolecular Hbond substituents is 2. The normalized spacial score (nSPS) is 15.6. The lowest BCUT2D eigenvalue weighted by Gasteiger charge is -2.34. The third-order valence-electron chi connectivity index (χ3n) is 8.17. The number of thiol groups is 1. The van der Waals surface area contributed by atoms with E-state index in [9.17, 15) is 30.0 Å². The summed E-state index contributed by atoms with van der Waals surface area (Å²) in [4.78, 5) is 25.7. The van der Waals surface area contributed by atoms with Crippen molar-refractivity contribution in [2.24, 2.45) is 0 Å². The summed E-state index contributed by atoms with van der Waals surface area (Å²) in [6.07, 6.45) is 0.363. The number of carboxylic acid groups (broad SMARTS) is 2. The molecule has 0 fully saturated rings. The molecule has 0 saturated carbocycles. The molecule has 0 bridgehead atoms. The average Bonchev–Trinajstić information content (AvgIpc) is 2.81. The molecular formula is C36H56O6S. The molecule has 0 radical (unpaired) electrons. The van der Waals surface area contributed by atoms with E-state index in [2.05, 4.69) is 0 Å². The van der Waals surface area contributed by atoms with Gasteiger partial charge in [0.1, 0.15) is 11.5 Å². The van der Waals surface area contributed by atoms with E-state index in [0.717, 1.165) is 33.4 Å². The molecule has 2 aromatic rings. The molecule has 0 aromatic heterocycles. The largest absolute Gasteiger partial charge is 0.507 e. The quantitative estimate of drug-likeness (QED) is 0.182. The second-order valence-corrected chi connectivity index (χ2v) is 18.9. The van der Waals surface area contributed by atoms with Crippen LogP contribution in [-0.4, -0.2) is 48.6 Å². The van der Waals surface area contributed by atoms with Crippen LogP contribution in [0, 0.1) is 0 Å². The van der Waals surface area contributed by atoms with Gasteiger partial charge in [0.05, 0.1) is 10.5 Å². The van der Waals surface area contributed by atoms with Crippen molar-refractivity contribution >= 4 is 22.8 Å². The smallest absolute Gasteiger partial charge is 0.315 e. The molecule has 43 heavy (non-hydrogen) atoms. The minimum absolute atomic E-state index is 0.182. The van der Waals surface area contributed by atoms with Crippen LogP contribution < -0.4 is 0 Å². The van der Waals surface area contributed by atoms with E-state index in [1.54, 1.807) is 0 Å². The Balaban J connectivity index is 2.68. The number of aromatic hydroxyl groups is 2. The summed E-state index contributed by atoms with van der Waals surface area (Å²) < 4.78 is 0. The van der Waals surface area contributed by atoms with Crippen molar-refractivity contribution in [3.63, 3.8) is 0 Å². The lowest BCUT2D eigenvalue weighted by molar-refractivity contribution is -0.136. The Bertz CT molecular complexity index is 1160. The van der Waals surface area contributed by atoms with Gasteiger partial charge in [-0.1, -0.05) is 114 Å². The summed E-state index contributed by atoms with van der Waals surface area (Å²) in [5, 5.41) is 41.6. The van der Waals surface area contributed by atoms with Gasteiger partial charge in [0.25, 0.3) is 0 Å². The number of aliphatic carboxylic acids is 2. The number of carbonyl (C=O) groups is 2. The second-order valence-electron chi connectivity index (χ2n) is 16.0. The van der Waals surface area contributed by atoms with Crippen LogP contribution in [0.5, 0.6) is 11.5 Å². The Kier molecular flexibility index (Phi) is 10.8. The summed E-state index contributed by atoms with van der Waals surface area (Å²) in [6.45, 7) is 26.1. The van der Waals surface area contributed by atoms with Gasteiger partial charge in [0.2, 0.25) is 0 Å². The third kappa shape index (κ3) is 8.71. The van der Waals surface area contributed by atoms with Gasteiger partial charge in [0, 0.05) is 0 Å². The van der Waals surface area contributed by atoms with Crippen LogP contribution in [0.15, 0.2) is 24.3 Å². The highest BCUT2D eigenvalue weighted by atomic mass is 32.2. The molecule has 0 aliphatic rings.